The van der Waals surface area contributed by atoms with Crippen molar-refractivity contribution in [3.63, 3.8) is 0 Å². The molecule has 3 rings (SSSR count). The molecular weight excluding hydrogens is 301 g/mol. The molecule has 1 aliphatic heterocycles. The summed E-state index contributed by atoms with van der Waals surface area (Å²) in [7, 11) is 0. The van der Waals surface area contributed by atoms with Gasteiger partial charge in [0.2, 0.25) is 5.91 Å². The smallest absolute Gasteiger partial charge is 0.228 e. The first kappa shape index (κ1) is 15.1. The molecule has 1 saturated heterocycles. The van der Waals surface area contributed by atoms with E-state index in [9.17, 15) is 9.18 Å². The summed E-state index contributed by atoms with van der Waals surface area (Å²) in [6.07, 6.45) is 1.21. The van der Waals surface area contributed by atoms with E-state index in [2.05, 4.69) is 16.2 Å². The van der Waals surface area contributed by atoms with Gasteiger partial charge in [-0.2, -0.15) is 0 Å². The van der Waals surface area contributed by atoms with Crippen LogP contribution in [0.5, 0.6) is 0 Å². The van der Waals surface area contributed by atoms with Gasteiger partial charge in [-0.05, 0) is 37.1 Å². The average Bonchev–Trinajstić information content (AvgIpc) is 3.09. The Morgan fingerprint density at radius 2 is 2.32 bits per heavy atom. The third-order valence-electron chi connectivity index (χ3n) is 3.64. The van der Waals surface area contributed by atoms with Gasteiger partial charge < -0.3 is 5.32 Å². The van der Waals surface area contributed by atoms with Gasteiger partial charge in [0, 0.05) is 16.3 Å². The van der Waals surface area contributed by atoms with Gasteiger partial charge in [-0.25, -0.2) is 9.82 Å². The molecule has 1 aromatic heterocycles. The van der Waals surface area contributed by atoms with Crippen LogP contribution in [-0.2, 0) is 11.2 Å². The van der Waals surface area contributed by atoms with Crippen LogP contribution in [-0.4, -0.2) is 12.5 Å². The molecule has 2 heterocycles. The predicted molar refractivity (Wildman–Crippen MR) is 86.3 cm³/mol. The second-order valence-corrected chi connectivity index (χ2v) is 6.67. The standard InChI is InChI=1S/C16H18FN3OS/c1-10-14(9-15(22-10)13-5-6-18-20-13)19-16(21)8-11-3-2-4-12(17)7-11/h2-4,7,9,13,18,20H,5-6,8H2,1H3,(H,19,21). The molecule has 2 aromatic rings. The van der Waals surface area contributed by atoms with Crippen LogP contribution >= 0.6 is 11.3 Å². The van der Waals surface area contributed by atoms with Crippen molar-refractivity contribution in [3.05, 3.63) is 51.5 Å². The third kappa shape index (κ3) is 3.52. The van der Waals surface area contributed by atoms with Crippen molar-refractivity contribution in [2.75, 3.05) is 11.9 Å². The zero-order valence-electron chi connectivity index (χ0n) is 12.3. The number of carbonyl (C=O) groups is 1. The number of hydrogen-bond acceptors (Lipinski definition) is 4. The Hall–Kier alpha value is -1.76. The van der Waals surface area contributed by atoms with Crippen LogP contribution < -0.4 is 16.2 Å². The number of nitrogens with one attached hydrogen (secondary N) is 3. The lowest BCUT2D eigenvalue weighted by Gasteiger charge is -2.06. The van der Waals surface area contributed by atoms with Crippen LogP contribution in [0.15, 0.2) is 30.3 Å². The number of anilines is 1. The maximum absolute atomic E-state index is 13.1. The van der Waals surface area contributed by atoms with Gasteiger partial charge in [-0.1, -0.05) is 12.1 Å². The molecule has 0 radical (unpaired) electrons. The molecule has 3 N–H and O–H groups in total. The number of halogens is 1. The quantitative estimate of drug-likeness (QED) is 0.812. The molecule has 1 fully saturated rings. The monoisotopic (exact) mass is 319 g/mol. The minimum Gasteiger partial charge on any atom is -0.325 e. The van der Waals surface area contributed by atoms with Crippen molar-refractivity contribution in [1.29, 1.82) is 0 Å². The first-order chi connectivity index (χ1) is 10.6. The predicted octanol–water partition coefficient (Wildman–Crippen LogP) is 2.92. The summed E-state index contributed by atoms with van der Waals surface area (Å²) in [5.41, 5.74) is 7.85. The molecule has 1 atom stereocenters. The Morgan fingerprint density at radius 1 is 1.45 bits per heavy atom. The number of rotatable bonds is 4. The van der Waals surface area contributed by atoms with Gasteiger partial charge in [-0.3, -0.25) is 10.2 Å². The number of aryl methyl sites for hydroxylation is 1. The second-order valence-electron chi connectivity index (χ2n) is 5.39. The third-order valence-corrected chi connectivity index (χ3v) is 4.81. The van der Waals surface area contributed by atoms with E-state index in [-0.39, 0.29) is 18.1 Å². The van der Waals surface area contributed by atoms with Crippen LogP contribution in [0.2, 0.25) is 0 Å². The zero-order valence-corrected chi connectivity index (χ0v) is 13.1. The van der Waals surface area contributed by atoms with Crippen molar-refractivity contribution >= 4 is 22.9 Å². The highest BCUT2D eigenvalue weighted by Gasteiger charge is 2.20. The van der Waals surface area contributed by atoms with Crippen molar-refractivity contribution in [3.8, 4) is 0 Å². The fourth-order valence-electron chi connectivity index (χ4n) is 2.53. The molecule has 22 heavy (non-hydrogen) atoms. The van der Waals surface area contributed by atoms with Crippen molar-refractivity contribution in [2.24, 2.45) is 0 Å². The lowest BCUT2D eigenvalue weighted by Crippen LogP contribution is -2.24. The summed E-state index contributed by atoms with van der Waals surface area (Å²) in [6, 6.07) is 8.46. The highest BCUT2D eigenvalue weighted by atomic mass is 32.1. The fourth-order valence-corrected chi connectivity index (χ4v) is 3.59. The second kappa shape index (κ2) is 6.56. The van der Waals surface area contributed by atoms with E-state index in [1.54, 1.807) is 23.5 Å². The number of amides is 1. The number of hydrazine groups is 1. The van der Waals surface area contributed by atoms with Gasteiger partial charge in [0.1, 0.15) is 5.82 Å². The molecule has 1 amide bonds. The SMILES string of the molecule is Cc1sc(C2CCNN2)cc1NC(=O)Cc1cccc(F)c1. The molecule has 0 saturated carbocycles. The van der Waals surface area contributed by atoms with Crippen LogP contribution in [0.4, 0.5) is 10.1 Å². The molecule has 1 aliphatic rings. The van der Waals surface area contributed by atoms with Crippen molar-refractivity contribution in [2.45, 2.75) is 25.8 Å². The number of benzene rings is 1. The summed E-state index contributed by atoms with van der Waals surface area (Å²) >= 11 is 1.69. The number of hydrogen-bond donors (Lipinski definition) is 3. The molecular formula is C16H18FN3OS. The molecule has 0 bridgehead atoms. The van der Waals surface area contributed by atoms with Gasteiger partial charge in [0.15, 0.2) is 0 Å². The van der Waals surface area contributed by atoms with Crippen LogP contribution in [0.25, 0.3) is 0 Å². The van der Waals surface area contributed by atoms with E-state index in [1.165, 1.54) is 17.0 Å². The minimum atomic E-state index is -0.320. The van der Waals surface area contributed by atoms with E-state index in [1.807, 2.05) is 13.0 Å². The topological polar surface area (TPSA) is 53.2 Å². The lowest BCUT2D eigenvalue weighted by molar-refractivity contribution is -0.115. The molecule has 4 nitrogen and oxygen atoms in total. The lowest BCUT2D eigenvalue weighted by atomic mass is 10.1. The van der Waals surface area contributed by atoms with Gasteiger partial charge in [-0.15, -0.1) is 11.3 Å². The number of carbonyl (C=O) groups excluding carboxylic acids is 1. The maximum Gasteiger partial charge on any atom is 0.228 e. The summed E-state index contributed by atoms with van der Waals surface area (Å²) in [5.74, 6) is -0.449. The Kier molecular flexibility index (Phi) is 4.52. The molecule has 116 valence electrons. The van der Waals surface area contributed by atoms with E-state index < -0.39 is 0 Å². The van der Waals surface area contributed by atoms with Gasteiger partial charge in [0.25, 0.3) is 0 Å². The summed E-state index contributed by atoms with van der Waals surface area (Å²) in [5, 5.41) is 2.92. The van der Waals surface area contributed by atoms with E-state index in [0.29, 0.717) is 11.6 Å². The zero-order chi connectivity index (χ0) is 15.5. The van der Waals surface area contributed by atoms with Crippen LogP contribution in [0.1, 0.15) is 27.8 Å². The summed E-state index contributed by atoms with van der Waals surface area (Å²) in [4.78, 5) is 14.4. The van der Waals surface area contributed by atoms with Crippen LogP contribution in [0, 0.1) is 12.7 Å². The normalized spacial score (nSPS) is 17.6. The van der Waals surface area contributed by atoms with Gasteiger partial charge >= 0.3 is 0 Å². The Bertz CT molecular complexity index is 680. The minimum absolute atomic E-state index is 0.129. The van der Waals surface area contributed by atoms with Gasteiger partial charge in [0.05, 0.1) is 18.2 Å². The first-order valence-electron chi connectivity index (χ1n) is 7.25. The summed E-state index contributed by atoms with van der Waals surface area (Å²) in [6.45, 7) is 2.94. The average molecular weight is 319 g/mol. The Balaban J connectivity index is 1.66. The molecule has 1 unspecified atom stereocenters. The first-order valence-corrected chi connectivity index (χ1v) is 8.06. The Labute approximate surface area is 132 Å². The number of thiophene rings is 1. The van der Waals surface area contributed by atoms with Crippen LogP contribution in [0.3, 0.4) is 0 Å². The van der Waals surface area contributed by atoms with Crippen molar-refractivity contribution < 1.29 is 9.18 Å². The van der Waals surface area contributed by atoms with E-state index >= 15 is 0 Å². The van der Waals surface area contributed by atoms with Crippen molar-refractivity contribution in [1.82, 2.24) is 10.9 Å². The fraction of sp³-hybridized carbons (Fsp3) is 0.312. The highest BCUT2D eigenvalue weighted by Crippen LogP contribution is 2.32. The largest absolute Gasteiger partial charge is 0.325 e. The Morgan fingerprint density at radius 3 is 3.05 bits per heavy atom. The molecule has 1 aromatic carbocycles. The molecule has 0 spiro atoms. The highest BCUT2D eigenvalue weighted by molar-refractivity contribution is 7.12. The summed E-state index contributed by atoms with van der Waals surface area (Å²) < 4.78 is 13.1. The molecule has 0 aliphatic carbocycles. The molecule has 6 heteroatoms. The van der Waals surface area contributed by atoms with E-state index in [0.717, 1.165) is 23.5 Å². The maximum atomic E-state index is 13.1. The van der Waals surface area contributed by atoms with E-state index in [4.69, 9.17) is 0 Å².